The summed E-state index contributed by atoms with van der Waals surface area (Å²) in [5.41, 5.74) is 3.56. The van der Waals surface area contributed by atoms with Crippen molar-refractivity contribution in [3.8, 4) is 0 Å². The fourth-order valence-corrected chi connectivity index (χ4v) is 1.89. The Kier molecular flexibility index (Phi) is 2.49. The Morgan fingerprint density at radius 1 is 1.12 bits per heavy atom. The lowest BCUT2D eigenvalue weighted by molar-refractivity contribution is 1.05. The van der Waals surface area contributed by atoms with E-state index < -0.39 is 0 Å². The van der Waals surface area contributed by atoms with Crippen molar-refractivity contribution in [2.24, 2.45) is 0 Å². The Bertz CT molecular complexity index is 649. The predicted molar refractivity (Wildman–Crippen MR) is 66.8 cm³/mol. The molecule has 0 unspecified atom stereocenters. The van der Waals surface area contributed by atoms with Gasteiger partial charge in [0.15, 0.2) is 5.65 Å². The summed E-state index contributed by atoms with van der Waals surface area (Å²) in [6.45, 7) is 0. The standard InChI is InChI=1S/C11H9N5S/c17-16-7-15-10-9(13-6-14-11(10)16)5-8-1-3-12-4-2-8/h1-4,6-7,17H,5H2. The minimum absolute atomic E-state index is 0.715. The van der Waals surface area contributed by atoms with Gasteiger partial charge < -0.3 is 0 Å². The van der Waals surface area contributed by atoms with Gasteiger partial charge in [0.05, 0.1) is 5.69 Å². The molecule has 0 aliphatic rings. The number of rotatable bonds is 2. The molecule has 0 bridgehead atoms. The lowest BCUT2D eigenvalue weighted by Crippen LogP contribution is -1.96. The Morgan fingerprint density at radius 2 is 1.94 bits per heavy atom. The largest absolute Gasteiger partial charge is 0.265 e. The molecule has 0 radical (unpaired) electrons. The van der Waals surface area contributed by atoms with Crippen LogP contribution in [-0.2, 0) is 6.42 Å². The Labute approximate surface area is 103 Å². The fraction of sp³-hybridized carbons (Fsp3) is 0.0909. The van der Waals surface area contributed by atoms with Gasteiger partial charge >= 0.3 is 0 Å². The molecule has 0 fully saturated rings. The van der Waals surface area contributed by atoms with Crippen LogP contribution in [0.3, 0.4) is 0 Å². The summed E-state index contributed by atoms with van der Waals surface area (Å²) in [5, 5.41) is 0. The summed E-state index contributed by atoms with van der Waals surface area (Å²) in [7, 11) is 0. The molecule has 0 atom stereocenters. The van der Waals surface area contributed by atoms with E-state index in [9.17, 15) is 0 Å². The highest BCUT2D eigenvalue weighted by Gasteiger charge is 2.08. The van der Waals surface area contributed by atoms with Gasteiger partial charge in [0.1, 0.15) is 18.2 Å². The quantitative estimate of drug-likeness (QED) is 0.693. The van der Waals surface area contributed by atoms with Gasteiger partial charge in [0.25, 0.3) is 0 Å². The van der Waals surface area contributed by atoms with Gasteiger partial charge in [-0.15, -0.1) is 0 Å². The van der Waals surface area contributed by atoms with Crippen LogP contribution in [0.2, 0.25) is 0 Å². The molecule has 6 heteroatoms. The monoisotopic (exact) mass is 243 g/mol. The molecule has 0 N–H and O–H groups in total. The van der Waals surface area contributed by atoms with Crippen molar-refractivity contribution in [3.63, 3.8) is 0 Å². The maximum absolute atomic E-state index is 4.27. The van der Waals surface area contributed by atoms with Crippen molar-refractivity contribution in [2.45, 2.75) is 6.42 Å². The van der Waals surface area contributed by atoms with Crippen molar-refractivity contribution >= 4 is 24.0 Å². The molecule has 3 aromatic rings. The first-order valence-electron chi connectivity index (χ1n) is 5.09. The molecule has 17 heavy (non-hydrogen) atoms. The number of hydrogen-bond donors (Lipinski definition) is 1. The van der Waals surface area contributed by atoms with E-state index in [1.54, 1.807) is 22.7 Å². The van der Waals surface area contributed by atoms with E-state index in [1.807, 2.05) is 12.1 Å². The van der Waals surface area contributed by atoms with Crippen molar-refractivity contribution in [2.75, 3.05) is 0 Å². The van der Waals surface area contributed by atoms with Gasteiger partial charge in [-0.1, -0.05) is 12.8 Å². The van der Waals surface area contributed by atoms with Gasteiger partial charge in [-0.25, -0.2) is 15.0 Å². The van der Waals surface area contributed by atoms with E-state index in [1.165, 1.54) is 6.33 Å². The second-order valence-corrected chi connectivity index (χ2v) is 4.04. The molecule has 5 nitrogen and oxygen atoms in total. The average Bonchev–Trinajstić information content (AvgIpc) is 2.74. The van der Waals surface area contributed by atoms with Crippen LogP contribution in [0.5, 0.6) is 0 Å². The van der Waals surface area contributed by atoms with Gasteiger partial charge in [-0.05, 0) is 17.7 Å². The smallest absolute Gasteiger partial charge is 0.173 e. The molecule has 0 aliphatic carbocycles. The maximum Gasteiger partial charge on any atom is 0.173 e. The van der Waals surface area contributed by atoms with Crippen LogP contribution in [0, 0.1) is 0 Å². The third kappa shape index (κ3) is 1.87. The minimum atomic E-state index is 0.715. The number of hydrogen-bond acceptors (Lipinski definition) is 5. The van der Waals surface area contributed by atoms with Gasteiger partial charge in [0.2, 0.25) is 0 Å². The number of pyridine rings is 1. The predicted octanol–water partition coefficient (Wildman–Crippen LogP) is 1.50. The Hall–Kier alpha value is -1.95. The highest BCUT2D eigenvalue weighted by atomic mass is 32.1. The third-order valence-corrected chi connectivity index (χ3v) is 2.81. The molecule has 0 saturated carbocycles. The number of thiol groups is 1. The zero-order chi connectivity index (χ0) is 11.7. The van der Waals surface area contributed by atoms with E-state index in [2.05, 4.69) is 32.8 Å². The second-order valence-electron chi connectivity index (χ2n) is 3.61. The molecular weight excluding hydrogens is 234 g/mol. The Morgan fingerprint density at radius 3 is 2.76 bits per heavy atom. The van der Waals surface area contributed by atoms with E-state index >= 15 is 0 Å². The van der Waals surface area contributed by atoms with Gasteiger partial charge in [0, 0.05) is 18.8 Å². The molecule has 0 amide bonds. The van der Waals surface area contributed by atoms with Crippen LogP contribution in [-0.4, -0.2) is 23.9 Å². The molecule has 3 heterocycles. The van der Waals surface area contributed by atoms with Crippen LogP contribution >= 0.6 is 12.8 Å². The second kappa shape index (κ2) is 4.14. The molecule has 0 saturated heterocycles. The van der Waals surface area contributed by atoms with Crippen LogP contribution in [0.1, 0.15) is 11.3 Å². The molecule has 84 valence electrons. The van der Waals surface area contributed by atoms with Crippen molar-refractivity contribution < 1.29 is 0 Å². The van der Waals surface area contributed by atoms with E-state index in [4.69, 9.17) is 0 Å². The third-order valence-electron chi connectivity index (χ3n) is 2.51. The summed E-state index contributed by atoms with van der Waals surface area (Å²) >= 11 is 4.23. The highest BCUT2D eigenvalue weighted by Crippen LogP contribution is 2.16. The topological polar surface area (TPSA) is 56.5 Å². The first kappa shape index (κ1) is 10.2. The van der Waals surface area contributed by atoms with Crippen molar-refractivity contribution in [3.05, 3.63) is 48.4 Å². The number of aromatic nitrogens is 5. The molecule has 3 rings (SSSR count). The number of imidazole rings is 1. The summed E-state index contributed by atoms with van der Waals surface area (Å²) in [6.07, 6.45) is 7.41. The van der Waals surface area contributed by atoms with Crippen LogP contribution in [0.15, 0.2) is 37.2 Å². The minimum Gasteiger partial charge on any atom is -0.265 e. The summed E-state index contributed by atoms with van der Waals surface area (Å²) in [6, 6.07) is 3.93. The summed E-state index contributed by atoms with van der Waals surface area (Å²) in [4.78, 5) is 16.7. The lowest BCUT2D eigenvalue weighted by atomic mass is 10.1. The first-order valence-corrected chi connectivity index (χ1v) is 5.49. The van der Waals surface area contributed by atoms with Crippen LogP contribution < -0.4 is 0 Å². The molecule has 0 aromatic carbocycles. The van der Waals surface area contributed by atoms with Gasteiger partial charge in [-0.3, -0.25) is 8.96 Å². The molecule has 3 aromatic heterocycles. The molecule has 0 spiro atoms. The van der Waals surface area contributed by atoms with E-state index in [0.29, 0.717) is 6.42 Å². The van der Waals surface area contributed by atoms with Crippen molar-refractivity contribution in [1.29, 1.82) is 0 Å². The summed E-state index contributed by atoms with van der Waals surface area (Å²) in [5.74, 6) is 0. The maximum atomic E-state index is 4.27. The number of fused-ring (bicyclic) bond motifs is 1. The molecular formula is C11H9N5S. The SMILES string of the molecule is Sn1cnc2c(Cc3ccncc3)ncnc21. The average molecular weight is 243 g/mol. The first-order chi connectivity index (χ1) is 8.34. The lowest BCUT2D eigenvalue weighted by Gasteiger charge is -2.01. The number of nitrogens with zero attached hydrogens (tertiary/aromatic N) is 5. The summed E-state index contributed by atoms with van der Waals surface area (Å²) < 4.78 is 1.59. The normalized spacial score (nSPS) is 10.9. The Balaban J connectivity index is 2.06. The van der Waals surface area contributed by atoms with Crippen LogP contribution in [0.4, 0.5) is 0 Å². The fourth-order valence-electron chi connectivity index (χ4n) is 1.69. The van der Waals surface area contributed by atoms with Gasteiger partial charge in [-0.2, -0.15) is 0 Å². The molecule has 0 aliphatic heterocycles. The van der Waals surface area contributed by atoms with E-state index in [0.717, 1.165) is 22.4 Å². The van der Waals surface area contributed by atoms with Crippen molar-refractivity contribution in [1.82, 2.24) is 23.9 Å². The van der Waals surface area contributed by atoms with Crippen LogP contribution in [0.25, 0.3) is 11.2 Å². The highest BCUT2D eigenvalue weighted by molar-refractivity contribution is 7.78. The van der Waals surface area contributed by atoms with E-state index in [-0.39, 0.29) is 0 Å². The zero-order valence-electron chi connectivity index (χ0n) is 8.85. The zero-order valence-corrected chi connectivity index (χ0v) is 9.75.